The SMILES string of the molecule is O=C(O)N1CCC(Cn2ccc3c(Cl)ncnc32)C(F)(F)C1. The van der Waals surface area contributed by atoms with Crippen LogP contribution < -0.4 is 0 Å². The van der Waals surface area contributed by atoms with Crippen molar-refractivity contribution in [3.05, 3.63) is 23.7 Å². The summed E-state index contributed by atoms with van der Waals surface area (Å²) in [5.41, 5.74) is 0.497. The summed E-state index contributed by atoms with van der Waals surface area (Å²) in [7, 11) is 0. The Balaban J connectivity index is 1.83. The van der Waals surface area contributed by atoms with Gasteiger partial charge in [0.2, 0.25) is 0 Å². The fourth-order valence-electron chi connectivity index (χ4n) is 2.73. The van der Waals surface area contributed by atoms with E-state index in [0.717, 1.165) is 4.90 Å². The van der Waals surface area contributed by atoms with Crippen molar-refractivity contribution in [2.45, 2.75) is 18.9 Å². The second kappa shape index (κ2) is 5.35. The van der Waals surface area contributed by atoms with Crippen LogP contribution in [0.2, 0.25) is 5.15 Å². The van der Waals surface area contributed by atoms with Crippen LogP contribution in [0.25, 0.3) is 11.0 Å². The van der Waals surface area contributed by atoms with Crippen LogP contribution in [0.5, 0.6) is 0 Å². The lowest BCUT2D eigenvalue weighted by molar-refractivity contribution is -0.108. The minimum atomic E-state index is -3.08. The Labute approximate surface area is 129 Å². The lowest BCUT2D eigenvalue weighted by atomic mass is 9.93. The molecule has 0 bridgehead atoms. The van der Waals surface area contributed by atoms with Crippen LogP contribution >= 0.6 is 11.6 Å². The van der Waals surface area contributed by atoms with Crippen molar-refractivity contribution in [3.63, 3.8) is 0 Å². The highest BCUT2D eigenvalue weighted by Gasteiger charge is 2.46. The molecule has 22 heavy (non-hydrogen) atoms. The van der Waals surface area contributed by atoms with E-state index in [1.807, 2.05) is 0 Å². The third-order valence-corrected chi connectivity index (χ3v) is 4.24. The van der Waals surface area contributed by atoms with Gasteiger partial charge in [-0.05, 0) is 12.5 Å². The van der Waals surface area contributed by atoms with Gasteiger partial charge >= 0.3 is 6.09 Å². The number of amides is 1. The first-order chi connectivity index (χ1) is 10.4. The van der Waals surface area contributed by atoms with Gasteiger partial charge < -0.3 is 14.6 Å². The second-order valence-corrected chi connectivity index (χ2v) is 5.68. The zero-order valence-corrected chi connectivity index (χ0v) is 12.2. The fourth-order valence-corrected chi connectivity index (χ4v) is 2.92. The van der Waals surface area contributed by atoms with Crippen LogP contribution in [0.4, 0.5) is 13.6 Å². The van der Waals surface area contributed by atoms with E-state index in [-0.39, 0.29) is 24.7 Å². The molecule has 0 spiro atoms. The van der Waals surface area contributed by atoms with Crippen molar-refractivity contribution in [2.24, 2.45) is 5.92 Å². The molecule has 3 heterocycles. The van der Waals surface area contributed by atoms with E-state index in [1.165, 1.54) is 6.33 Å². The average molecular weight is 331 g/mol. The van der Waals surface area contributed by atoms with Gasteiger partial charge in [-0.1, -0.05) is 11.6 Å². The molecule has 2 aromatic rings. The first kappa shape index (κ1) is 15.0. The maximum atomic E-state index is 14.2. The van der Waals surface area contributed by atoms with Crippen LogP contribution in [-0.2, 0) is 6.54 Å². The monoisotopic (exact) mass is 330 g/mol. The van der Waals surface area contributed by atoms with Gasteiger partial charge in [0.15, 0.2) is 0 Å². The molecule has 6 nitrogen and oxygen atoms in total. The molecule has 0 aliphatic carbocycles. The van der Waals surface area contributed by atoms with Crippen LogP contribution in [-0.4, -0.2) is 49.6 Å². The van der Waals surface area contributed by atoms with Crippen molar-refractivity contribution < 1.29 is 18.7 Å². The number of rotatable bonds is 2. The molecule has 3 rings (SSSR count). The highest BCUT2D eigenvalue weighted by atomic mass is 35.5. The highest BCUT2D eigenvalue weighted by Crippen LogP contribution is 2.35. The molecule has 0 saturated carbocycles. The molecule has 1 unspecified atom stereocenters. The number of hydrogen-bond acceptors (Lipinski definition) is 3. The summed E-state index contributed by atoms with van der Waals surface area (Å²) >= 11 is 5.94. The second-order valence-electron chi connectivity index (χ2n) is 5.32. The van der Waals surface area contributed by atoms with Crippen LogP contribution in [0.15, 0.2) is 18.6 Å². The lowest BCUT2D eigenvalue weighted by Gasteiger charge is -2.37. The maximum Gasteiger partial charge on any atom is 0.407 e. The molecule has 1 aliphatic heterocycles. The van der Waals surface area contributed by atoms with Gasteiger partial charge in [-0.25, -0.2) is 23.5 Å². The molecule has 1 N–H and O–H groups in total. The van der Waals surface area contributed by atoms with E-state index in [1.54, 1.807) is 16.8 Å². The zero-order valence-electron chi connectivity index (χ0n) is 11.4. The predicted octanol–water partition coefficient (Wildman–Crippen LogP) is 2.72. The van der Waals surface area contributed by atoms with Crippen molar-refractivity contribution >= 4 is 28.7 Å². The number of fused-ring (bicyclic) bond motifs is 1. The third kappa shape index (κ3) is 2.58. The molecule has 1 atom stereocenters. The summed E-state index contributed by atoms with van der Waals surface area (Å²) in [6.45, 7) is -0.621. The van der Waals surface area contributed by atoms with E-state index in [2.05, 4.69) is 9.97 Å². The average Bonchev–Trinajstić information content (AvgIpc) is 2.85. The summed E-state index contributed by atoms with van der Waals surface area (Å²) in [6.07, 6.45) is 1.71. The Morgan fingerprint density at radius 1 is 1.50 bits per heavy atom. The topological polar surface area (TPSA) is 71.2 Å². The Morgan fingerprint density at radius 2 is 2.27 bits per heavy atom. The Bertz CT molecular complexity index is 721. The number of halogens is 3. The molecule has 0 radical (unpaired) electrons. The summed E-state index contributed by atoms with van der Waals surface area (Å²) in [5.74, 6) is -4.03. The van der Waals surface area contributed by atoms with Gasteiger partial charge in [0.1, 0.15) is 17.1 Å². The number of nitrogens with zero attached hydrogens (tertiary/aromatic N) is 4. The molecule has 1 aliphatic rings. The van der Waals surface area contributed by atoms with Gasteiger partial charge in [0, 0.05) is 25.2 Å². The summed E-state index contributed by atoms with van der Waals surface area (Å²) in [5, 5.41) is 9.72. The van der Waals surface area contributed by atoms with Crippen LogP contribution in [0.1, 0.15) is 6.42 Å². The number of piperidine rings is 1. The summed E-state index contributed by atoms with van der Waals surface area (Å²) in [6, 6.07) is 1.68. The summed E-state index contributed by atoms with van der Waals surface area (Å²) in [4.78, 5) is 19.5. The number of carboxylic acid groups (broad SMARTS) is 1. The number of alkyl halides is 2. The molecule has 9 heteroatoms. The van der Waals surface area contributed by atoms with E-state index in [9.17, 15) is 13.6 Å². The van der Waals surface area contributed by atoms with E-state index >= 15 is 0 Å². The number of likely N-dealkylation sites (tertiary alicyclic amines) is 1. The van der Waals surface area contributed by atoms with Crippen molar-refractivity contribution in [1.82, 2.24) is 19.4 Å². The number of hydrogen-bond donors (Lipinski definition) is 1. The Morgan fingerprint density at radius 3 is 2.95 bits per heavy atom. The largest absolute Gasteiger partial charge is 0.465 e. The molecular formula is C13H13ClF2N4O2. The maximum absolute atomic E-state index is 14.2. The van der Waals surface area contributed by atoms with Gasteiger partial charge in [-0.3, -0.25) is 0 Å². The summed E-state index contributed by atoms with van der Waals surface area (Å²) < 4.78 is 30.0. The molecular weight excluding hydrogens is 318 g/mol. The van der Waals surface area contributed by atoms with Crippen LogP contribution in [0.3, 0.4) is 0 Å². The molecule has 0 aromatic carbocycles. The zero-order chi connectivity index (χ0) is 15.9. The highest BCUT2D eigenvalue weighted by molar-refractivity contribution is 6.33. The standard InChI is InChI=1S/C13H13ClF2N4O2/c14-10-9-2-4-19(11(9)18-7-17-10)5-8-1-3-20(12(21)22)6-13(8,15)16/h2,4,7-8H,1,3,5-6H2,(H,21,22). The van der Waals surface area contributed by atoms with Gasteiger partial charge in [0.25, 0.3) is 5.92 Å². The quantitative estimate of drug-likeness (QED) is 0.859. The Kier molecular flexibility index (Phi) is 3.64. The normalized spacial score (nSPS) is 21.2. The van der Waals surface area contributed by atoms with Gasteiger partial charge in [-0.15, -0.1) is 0 Å². The predicted molar refractivity (Wildman–Crippen MR) is 75.2 cm³/mol. The van der Waals surface area contributed by atoms with E-state index in [4.69, 9.17) is 16.7 Å². The van der Waals surface area contributed by atoms with E-state index < -0.39 is 24.5 Å². The first-order valence-electron chi connectivity index (χ1n) is 6.69. The minimum Gasteiger partial charge on any atom is -0.465 e. The first-order valence-corrected chi connectivity index (χ1v) is 7.07. The molecule has 2 aromatic heterocycles. The third-order valence-electron chi connectivity index (χ3n) is 3.94. The van der Waals surface area contributed by atoms with Crippen molar-refractivity contribution in [1.29, 1.82) is 0 Å². The van der Waals surface area contributed by atoms with E-state index in [0.29, 0.717) is 11.0 Å². The molecule has 1 amide bonds. The molecule has 1 saturated heterocycles. The fraction of sp³-hybridized carbons (Fsp3) is 0.462. The van der Waals surface area contributed by atoms with Gasteiger partial charge in [0.05, 0.1) is 11.9 Å². The Hall–Kier alpha value is -1.96. The number of carbonyl (C=O) groups is 1. The van der Waals surface area contributed by atoms with Crippen molar-refractivity contribution in [2.75, 3.05) is 13.1 Å². The minimum absolute atomic E-state index is 0.0529. The van der Waals surface area contributed by atoms with Crippen LogP contribution in [0, 0.1) is 5.92 Å². The smallest absolute Gasteiger partial charge is 0.407 e. The van der Waals surface area contributed by atoms with Crippen molar-refractivity contribution in [3.8, 4) is 0 Å². The molecule has 1 fully saturated rings. The molecule has 118 valence electrons. The van der Waals surface area contributed by atoms with Gasteiger partial charge in [-0.2, -0.15) is 0 Å². The lowest BCUT2D eigenvalue weighted by Crippen LogP contribution is -2.51. The number of aromatic nitrogens is 3.